The summed E-state index contributed by atoms with van der Waals surface area (Å²) in [5, 5.41) is 3.39. The summed E-state index contributed by atoms with van der Waals surface area (Å²) in [5.74, 6) is 1.71. The second kappa shape index (κ2) is 9.26. The largest absolute Gasteiger partial charge is 0.496 e. The molecule has 1 N–H and O–H groups in total. The van der Waals surface area contributed by atoms with Crippen LogP contribution in [0, 0.1) is 13.8 Å². The molecule has 0 saturated carbocycles. The van der Waals surface area contributed by atoms with Crippen LogP contribution in [0.5, 0.6) is 11.5 Å². The van der Waals surface area contributed by atoms with Gasteiger partial charge in [-0.25, -0.2) is 4.98 Å². The maximum absolute atomic E-state index is 13.6. The van der Waals surface area contributed by atoms with Crippen molar-refractivity contribution in [2.24, 2.45) is 0 Å². The lowest BCUT2D eigenvalue weighted by molar-refractivity contribution is 0.0725. The fraction of sp³-hybridized carbons (Fsp3) is 0.320. The van der Waals surface area contributed by atoms with E-state index in [1.807, 2.05) is 49.1 Å². The minimum Gasteiger partial charge on any atom is -0.496 e. The van der Waals surface area contributed by atoms with E-state index in [-0.39, 0.29) is 11.9 Å². The molecule has 1 amide bonds. The molecule has 1 fully saturated rings. The van der Waals surface area contributed by atoms with E-state index < -0.39 is 0 Å². The van der Waals surface area contributed by atoms with E-state index in [1.54, 1.807) is 32.5 Å². The van der Waals surface area contributed by atoms with Crippen LogP contribution in [0.15, 0.2) is 48.7 Å². The highest BCUT2D eigenvalue weighted by molar-refractivity contribution is 6.00. The van der Waals surface area contributed by atoms with Gasteiger partial charge in [0.15, 0.2) is 0 Å². The highest BCUT2D eigenvalue weighted by atomic mass is 16.5. The number of aryl methyl sites for hydroxylation is 2. The molecule has 1 atom stereocenters. The first-order valence-corrected chi connectivity index (χ1v) is 10.7. The van der Waals surface area contributed by atoms with Gasteiger partial charge in [0.1, 0.15) is 22.9 Å². The zero-order chi connectivity index (χ0) is 22.7. The summed E-state index contributed by atoms with van der Waals surface area (Å²) in [6.07, 6.45) is 3.52. The van der Waals surface area contributed by atoms with E-state index in [0.29, 0.717) is 23.6 Å². The summed E-state index contributed by atoms with van der Waals surface area (Å²) in [4.78, 5) is 24.7. The minimum absolute atomic E-state index is 0.111. The van der Waals surface area contributed by atoms with Crippen LogP contribution in [0.4, 0.5) is 11.5 Å². The Morgan fingerprint density at radius 3 is 2.53 bits per heavy atom. The molecule has 3 heterocycles. The summed E-state index contributed by atoms with van der Waals surface area (Å²) in [5.41, 5.74) is 4.15. The monoisotopic (exact) mass is 432 g/mol. The average Bonchev–Trinajstić information content (AvgIpc) is 3.29. The van der Waals surface area contributed by atoms with Crippen molar-refractivity contribution < 1.29 is 14.3 Å². The second-order valence-corrected chi connectivity index (χ2v) is 7.91. The van der Waals surface area contributed by atoms with Crippen molar-refractivity contribution in [2.45, 2.75) is 32.7 Å². The van der Waals surface area contributed by atoms with E-state index in [2.05, 4.69) is 10.3 Å². The van der Waals surface area contributed by atoms with E-state index in [9.17, 15) is 4.79 Å². The molecule has 0 spiro atoms. The van der Waals surface area contributed by atoms with Crippen molar-refractivity contribution in [2.75, 3.05) is 26.1 Å². The topological polar surface area (TPSA) is 76.6 Å². The first kappa shape index (κ1) is 21.6. The lowest BCUT2D eigenvalue weighted by Crippen LogP contribution is -2.31. The molecule has 4 rings (SSSR count). The second-order valence-electron chi connectivity index (χ2n) is 7.91. The zero-order valence-electron chi connectivity index (χ0n) is 18.9. The molecule has 7 heteroatoms. The zero-order valence-corrected chi connectivity index (χ0v) is 18.9. The summed E-state index contributed by atoms with van der Waals surface area (Å²) in [6.45, 7) is 4.63. The van der Waals surface area contributed by atoms with E-state index in [0.717, 1.165) is 41.3 Å². The van der Waals surface area contributed by atoms with Crippen molar-refractivity contribution in [3.05, 3.63) is 71.2 Å². The number of hydrogen-bond acceptors (Lipinski definition) is 6. The first-order valence-electron chi connectivity index (χ1n) is 10.7. The van der Waals surface area contributed by atoms with Crippen LogP contribution in [0.3, 0.4) is 0 Å². The molecule has 0 aliphatic carbocycles. The minimum atomic E-state index is -0.123. The van der Waals surface area contributed by atoms with Crippen LogP contribution in [0.1, 0.15) is 46.2 Å². The van der Waals surface area contributed by atoms with Crippen molar-refractivity contribution in [1.29, 1.82) is 0 Å². The molecule has 166 valence electrons. The number of methoxy groups -OCH3 is 2. The van der Waals surface area contributed by atoms with Crippen molar-refractivity contribution in [3.8, 4) is 11.5 Å². The Morgan fingerprint density at radius 2 is 1.84 bits per heavy atom. The Morgan fingerprint density at radius 1 is 1.09 bits per heavy atom. The standard InChI is InChI=1S/C25H28N4O3/c1-16-8-6-12-26-24(16)28-18-14-17(2)27-19(15-18)20-9-7-13-29(20)25(30)23-21(31-3)10-5-11-22(23)32-4/h5-6,8,10-12,14-15,20H,7,9,13H2,1-4H3,(H,26,27,28)/t20-/m1/s1. The van der Waals surface area contributed by atoms with Gasteiger partial charge in [-0.2, -0.15) is 0 Å². The van der Waals surface area contributed by atoms with Crippen molar-refractivity contribution in [3.63, 3.8) is 0 Å². The third-order valence-electron chi connectivity index (χ3n) is 5.74. The van der Waals surface area contributed by atoms with Gasteiger partial charge in [0.05, 0.1) is 26.0 Å². The van der Waals surface area contributed by atoms with Gasteiger partial charge in [0, 0.05) is 24.1 Å². The maximum atomic E-state index is 13.6. The lowest BCUT2D eigenvalue weighted by atomic mass is 10.1. The third kappa shape index (κ3) is 4.23. The number of aromatic nitrogens is 2. The summed E-state index contributed by atoms with van der Waals surface area (Å²) in [7, 11) is 3.12. The van der Waals surface area contributed by atoms with Gasteiger partial charge in [0.25, 0.3) is 5.91 Å². The Hall–Kier alpha value is -3.61. The number of amides is 1. The molecular formula is C25H28N4O3. The number of carbonyl (C=O) groups is 1. The maximum Gasteiger partial charge on any atom is 0.261 e. The third-order valence-corrected chi connectivity index (χ3v) is 5.74. The fourth-order valence-corrected chi connectivity index (χ4v) is 4.21. The summed E-state index contributed by atoms with van der Waals surface area (Å²) in [6, 6.07) is 13.2. The summed E-state index contributed by atoms with van der Waals surface area (Å²) >= 11 is 0. The van der Waals surface area contributed by atoms with Crippen molar-refractivity contribution in [1.82, 2.24) is 14.9 Å². The average molecular weight is 433 g/mol. The number of ether oxygens (including phenoxy) is 2. The van der Waals surface area contributed by atoms with Gasteiger partial charge in [-0.15, -0.1) is 0 Å². The molecule has 7 nitrogen and oxygen atoms in total. The molecule has 0 radical (unpaired) electrons. The van der Waals surface area contributed by atoms with Gasteiger partial charge in [-0.3, -0.25) is 9.78 Å². The van der Waals surface area contributed by atoms with E-state index >= 15 is 0 Å². The number of nitrogens with one attached hydrogen (secondary N) is 1. The smallest absolute Gasteiger partial charge is 0.261 e. The molecule has 2 aromatic heterocycles. The van der Waals surface area contributed by atoms with Gasteiger partial charge >= 0.3 is 0 Å². The lowest BCUT2D eigenvalue weighted by Gasteiger charge is -2.26. The Labute approximate surface area is 188 Å². The number of benzene rings is 1. The van der Waals surface area contributed by atoms with Gasteiger partial charge in [-0.05, 0) is 62.6 Å². The molecule has 1 aromatic carbocycles. The molecular weight excluding hydrogens is 404 g/mol. The fourth-order valence-electron chi connectivity index (χ4n) is 4.21. The number of rotatable bonds is 6. The number of likely N-dealkylation sites (tertiary alicyclic amines) is 1. The number of hydrogen-bond donors (Lipinski definition) is 1. The summed E-state index contributed by atoms with van der Waals surface area (Å²) < 4.78 is 10.9. The highest BCUT2D eigenvalue weighted by Crippen LogP contribution is 2.37. The number of anilines is 2. The predicted molar refractivity (Wildman–Crippen MR) is 124 cm³/mol. The molecule has 3 aromatic rings. The Bertz CT molecular complexity index is 1110. The molecule has 1 aliphatic rings. The Kier molecular flexibility index (Phi) is 6.25. The van der Waals surface area contributed by atoms with Crippen LogP contribution in [-0.2, 0) is 0 Å². The van der Waals surface area contributed by atoms with Gasteiger partial charge < -0.3 is 19.7 Å². The van der Waals surface area contributed by atoms with Crippen LogP contribution >= 0.6 is 0 Å². The van der Waals surface area contributed by atoms with Crippen molar-refractivity contribution >= 4 is 17.4 Å². The van der Waals surface area contributed by atoms with Crippen LogP contribution in [-0.4, -0.2) is 41.5 Å². The van der Waals surface area contributed by atoms with Crippen LogP contribution < -0.4 is 14.8 Å². The van der Waals surface area contributed by atoms with Gasteiger partial charge in [0.2, 0.25) is 0 Å². The SMILES string of the molecule is COc1cccc(OC)c1C(=O)N1CCC[C@@H]1c1cc(Nc2ncccc2C)cc(C)n1. The van der Waals surface area contributed by atoms with Crippen LogP contribution in [0.25, 0.3) is 0 Å². The number of pyridine rings is 2. The van der Waals surface area contributed by atoms with E-state index in [1.165, 1.54) is 0 Å². The molecule has 0 bridgehead atoms. The number of carbonyl (C=O) groups excluding carboxylic acids is 1. The molecule has 32 heavy (non-hydrogen) atoms. The first-order chi connectivity index (χ1) is 15.5. The number of nitrogens with zero attached hydrogens (tertiary/aromatic N) is 3. The normalized spacial score (nSPS) is 15.5. The highest BCUT2D eigenvalue weighted by Gasteiger charge is 2.34. The quantitative estimate of drug-likeness (QED) is 0.601. The molecule has 1 saturated heterocycles. The Balaban J connectivity index is 1.66. The van der Waals surface area contributed by atoms with Gasteiger partial charge in [-0.1, -0.05) is 12.1 Å². The molecule has 1 aliphatic heterocycles. The molecule has 0 unspecified atom stereocenters. The van der Waals surface area contributed by atoms with E-state index in [4.69, 9.17) is 14.5 Å². The predicted octanol–water partition coefficient (Wildman–Crippen LogP) is 4.83. The van der Waals surface area contributed by atoms with Crippen LogP contribution in [0.2, 0.25) is 0 Å².